The molecule has 2 N–H and O–H groups in total. The Morgan fingerprint density at radius 2 is 1.67 bits per heavy atom. The first-order valence-electron chi connectivity index (χ1n) is 7.70. The van der Waals surface area contributed by atoms with Gasteiger partial charge in [0.15, 0.2) is 0 Å². The lowest BCUT2D eigenvalue weighted by Crippen LogP contribution is -2.46. The van der Waals surface area contributed by atoms with Crippen molar-refractivity contribution < 1.29 is 9.84 Å². The lowest BCUT2D eigenvalue weighted by molar-refractivity contribution is 0.0944. The maximum atomic E-state index is 10.0. The van der Waals surface area contributed by atoms with E-state index >= 15 is 0 Å². The van der Waals surface area contributed by atoms with Gasteiger partial charge >= 0.3 is 0 Å². The van der Waals surface area contributed by atoms with Gasteiger partial charge in [0.25, 0.3) is 0 Å². The van der Waals surface area contributed by atoms with E-state index in [9.17, 15) is 5.11 Å². The summed E-state index contributed by atoms with van der Waals surface area (Å²) in [5.74, 6) is 0.800. The molecule has 1 atom stereocenters. The zero-order chi connectivity index (χ0) is 16.1. The number of aryl methyl sites for hydroxylation is 1. The minimum atomic E-state index is -0.509. The van der Waals surface area contributed by atoms with Crippen molar-refractivity contribution in [2.45, 2.75) is 59.6 Å². The Labute approximate surface area is 129 Å². The van der Waals surface area contributed by atoms with Crippen molar-refractivity contribution in [3.05, 3.63) is 29.8 Å². The molecule has 1 rings (SSSR count). The van der Waals surface area contributed by atoms with Gasteiger partial charge in [0.05, 0.1) is 0 Å². The molecule has 3 heteroatoms. The molecular weight excluding hydrogens is 262 g/mol. The third kappa shape index (κ3) is 8.08. The molecule has 0 aliphatic rings. The first-order valence-corrected chi connectivity index (χ1v) is 7.70. The number of rotatable bonds is 7. The smallest absolute Gasteiger partial charge is 0.119 e. The lowest BCUT2D eigenvalue weighted by Gasteiger charge is -2.34. The van der Waals surface area contributed by atoms with Crippen molar-refractivity contribution in [3.8, 4) is 5.75 Å². The highest BCUT2D eigenvalue weighted by molar-refractivity contribution is 5.26. The van der Waals surface area contributed by atoms with Gasteiger partial charge in [0, 0.05) is 12.1 Å². The number of nitrogens with one attached hydrogen (secondary N) is 1. The standard InChI is InChI=1S/C18H31NO2/c1-14-7-9-16(10-8-14)21-12-15(20)11-19-18(5,6)13-17(2,3)4/h7-10,15,19-20H,11-13H2,1-6H3/t15-/m0/s1. The van der Waals surface area contributed by atoms with Crippen molar-refractivity contribution in [1.82, 2.24) is 5.32 Å². The van der Waals surface area contributed by atoms with Crippen molar-refractivity contribution in [1.29, 1.82) is 0 Å². The molecule has 0 aliphatic carbocycles. The quantitative estimate of drug-likeness (QED) is 0.808. The molecule has 0 spiro atoms. The first-order chi connectivity index (χ1) is 9.57. The number of benzene rings is 1. The molecule has 0 aromatic heterocycles. The van der Waals surface area contributed by atoms with Gasteiger partial charge in [0.2, 0.25) is 0 Å². The lowest BCUT2D eigenvalue weighted by atomic mass is 9.82. The minimum Gasteiger partial charge on any atom is -0.491 e. The molecule has 0 saturated carbocycles. The second-order valence-corrected chi connectivity index (χ2v) is 7.78. The zero-order valence-corrected chi connectivity index (χ0v) is 14.4. The molecule has 21 heavy (non-hydrogen) atoms. The molecule has 3 nitrogen and oxygen atoms in total. The average Bonchev–Trinajstić information content (AvgIpc) is 2.33. The fraction of sp³-hybridized carbons (Fsp3) is 0.667. The summed E-state index contributed by atoms with van der Waals surface area (Å²) < 4.78 is 5.60. The van der Waals surface area contributed by atoms with Crippen LogP contribution < -0.4 is 10.1 Å². The van der Waals surface area contributed by atoms with Crippen molar-refractivity contribution >= 4 is 0 Å². The Kier molecular flexibility index (Phi) is 6.24. The van der Waals surface area contributed by atoms with Gasteiger partial charge in [-0.3, -0.25) is 0 Å². The molecule has 0 heterocycles. The highest BCUT2D eigenvalue weighted by Crippen LogP contribution is 2.26. The molecule has 120 valence electrons. The van der Waals surface area contributed by atoms with Gasteiger partial charge in [-0.1, -0.05) is 38.5 Å². The average molecular weight is 293 g/mol. The fourth-order valence-electron chi connectivity index (χ4n) is 2.67. The molecule has 1 aromatic rings. The SMILES string of the molecule is Cc1ccc(OC[C@@H](O)CNC(C)(C)CC(C)(C)C)cc1. The molecular formula is C18H31NO2. The monoisotopic (exact) mass is 293 g/mol. The van der Waals surface area contributed by atoms with Crippen LogP contribution in [0.25, 0.3) is 0 Å². The number of β-amino-alcohol motifs (C(OH)–C–C–N with tert-alkyl or cyclic N) is 1. The Hall–Kier alpha value is -1.06. The molecule has 0 amide bonds. The summed E-state index contributed by atoms with van der Waals surface area (Å²) in [6, 6.07) is 7.87. The molecule has 0 radical (unpaired) electrons. The molecule has 0 aliphatic heterocycles. The van der Waals surface area contributed by atoms with Crippen LogP contribution in [-0.2, 0) is 0 Å². The van der Waals surface area contributed by atoms with E-state index in [2.05, 4.69) is 39.9 Å². The maximum absolute atomic E-state index is 10.0. The summed E-state index contributed by atoms with van der Waals surface area (Å²) >= 11 is 0. The van der Waals surface area contributed by atoms with E-state index in [0.29, 0.717) is 13.2 Å². The summed E-state index contributed by atoms with van der Waals surface area (Å²) in [6.07, 6.45) is 0.538. The number of ether oxygens (including phenoxy) is 1. The van der Waals surface area contributed by atoms with Crippen LogP contribution in [0, 0.1) is 12.3 Å². The predicted octanol–water partition coefficient (Wildman–Crippen LogP) is 3.54. The highest BCUT2D eigenvalue weighted by Gasteiger charge is 2.25. The Morgan fingerprint density at radius 3 is 2.19 bits per heavy atom. The van der Waals surface area contributed by atoms with Crippen molar-refractivity contribution in [3.63, 3.8) is 0 Å². The van der Waals surface area contributed by atoms with Crippen LogP contribution in [0.5, 0.6) is 5.75 Å². The van der Waals surface area contributed by atoms with Gasteiger partial charge in [-0.05, 0) is 44.7 Å². The summed E-state index contributed by atoms with van der Waals surface area (Å²) in [7, 11) is 0. The van der Waals surface area contributed by atoms with Crippen LogP contribution in [0.1, 0.15) is 46.6 Å². The minimum absolute atomic E-state index is 0.00306. The van der Waals surface area contributed by atoms with E-state index in [1.165, 1.54) is 5.56 Å². The number of aliphatic hydroxyl groups is 1. The largest absolute Gasteiger partial charge is 0.491 e. The molecule has 1 aromatic carbocycles. The van der Waals surface area contributed by atoms with E-state index < -0.39 is 6.10 Å². The van der Waals surface area contributed by atoms with Crippen LogP contribution in [-0.4, -0.2) is 29.9 Å². The Balaban J connectivity index is 2.33. The maximum Gasteiger partial charge on any atom is 0.119 e. The van der Waals surface area contributed by atoms with E-state index in [0.717, 1.165) is 12.2 Å². The Morgan fingerprint density at radius 1 is 1.10 bits per heavy atom. The van der Waals surface area contributed by atoms with Crippen LogP contribution in [0.15, 0.2) is 24.3 Å². The summed E-state index contributed by atoms with van der Waals surface area (Å²) in [5.41, 5.74) is 1.47. The number of hydrogen-bond donors (Lipinski definition) is 2. The normalized spacial score (nSPS) is 14.0. The second-order valence-electron chi connectivity index (χ2n) is 7.78. The van der Waals surface area contributed by atoms with Crippen molar-refractivity contribution in [2.24, 2.45) is 5.41 Å². The van der Waals surface area contributed by atoms with E-state index in [4.69, 9.17) is 4.74 Å². The molecule has 0 unspecified atom stereocenters. The van der Waals surface area contributed by atoms with Gasteiger partial charge in [0.1, 0.15) is 18.5 Å². The van der Waals surface area contributed by atoms with Crippen LogP contribution in [0.4, 0.5) is 0 Å². The third-order valence-electron chi connectivity index (χ3n) is 3.25. The van der Waals surface area contributed by atoms with E-state index in [1.54, 1.807) is 0 Å². The summed E-state index contributed by atoms with van der Waals surface area (Å²) in [6.45, 7) is 13.9. The molecule has 0 saturated heterocycles. The highest BCUT2D eigenvalue weighted by atomic mass is 16.5. The Bertz CT molecular complexity index is 418. The predicted molar refractivity (Wildman–Crippen MR) is 88.8 cm³/mol. The molecule has 0 fully saturated rings. The zero-order valence-electron chi connectivity index (χ0n) is 14.4. The van der Waals surface area contributed by atoms with Gasteiger partial charge in [-0.25, -0.2) is 0 Å². The van der Waals surface area contributed by atoms with Gasteiger partial charge in [-0.2, -0.15) is 0 Å². The van der Waals surface area contributed by atoms with E-state index in [-0.39, 0.29) is 11.0 Å². The number of aliphatic hydroxyl groups excluding tert-OH is 1. The first kappa shape index (κ1) is 18.0. The van der Waals surface area contributed by atoms with E-state index in [1.807, 2.05) is 31.2 Å². The fourth-order valence-corrected chi connectivity index (χ4v) is 2.67. The topological polar surface area (TPSA) is 41.5 Å². The van der Waals surface area contributed by atoms with Crippen LogP contribution in [0.2, 0.25) is 0 Å². The second kappa shape index (κ2) is 7.28. The molecule has 0 bridgehead atoms. The van der Waals surface area contributed by atoms with Crippen LogP contribution >= 0.6 is 0 Å². The van der Waals surface area contributed by atoms with Gasteiger partial charge < -0.3 is 15.2 Å². The van der Waals surface area contributed by atoms with Crippen LogP contribution in [0.3, 0.4) is 0 Å². The summed E-state index contributed by atoms with van der Waals surface area (Å²) in [5, 5.41) is 13.5. The third-order valence-corrected chi connectivity index (χ3v) is 3.25. The van der Waals surface area contributed by atoms with Crippen molar-refractivity contribution in [2.75, 3.05) is 13.2 Å². The summed E-state index contributed by atoms with van der Waals surface area (Å²) in [4.78, 5) is 0. The number of hydrogen-bond acceptors (Lipinski definition) is 3. The van der Waals surface area contributed by atoms with Gasteiger partial charge in [-0.15, -0.1) is 0 Å².